The van der Waals surface area contributed by atoms with E-state index in [1.807, 2.05) is 36.4 Å². The Morgan fingerprint density at radius 3 is 2.08 bits per heavy atom. The number of benzene rings is 4. The fourth-order valence-corrected chi connectivity index (χ4v) is 4.63. The minimum Gasteiger partial charge on any atom is -0.507 e. The minimum atomic E-state index is -0.873. The Balaban J connectivity index is 1.58. The highest BCUT2D eigenvalue weighted by atomic mass is 16.5. The largest absolute Gasteiger partial charge is 0.507 e. The average Bonchev–Trinajstić information content (AvgIpc) is 3.26. The van der Waals surface area contributed by atoms with Gasteiger partial charge in [0, 0.05) is 11.8 Å². The van der Waals surface area contributed by atoms with Gasteiger partial charge in [-0.05, 0) is 47.5 Å². The molecule has 1 aliphatic heterocycles. The number of hydrogen-bond donors (Lipinski definition) is 1. The molecule has 1 heterocycles. The summed E-state index contributed by atoms with van der Waals surface area (Å²) < 4.78 is 16.6. The van der Waals surface area contributed by atoms with Gasteiger partial charge in [0.15, 0.2) is 0 Å². The quantitative estimate of drug-likeness (QED) is 0.176. The Kier molecular flexibility index (Phi) is 7.32. The lowest BCUT2D eigenvalue weighted by Crippen LogP contribution is -2.29. The third kappa shape index (κ3) is 5.07. The van der Waals surface area contributed by atoms with E-state index in [0.29, 0.717) is 35.1 Å². The molecule has 4 aromatic carbocycles. The SMILES string of the molecule is COc1ccc(/C(O)=C2/C(=O)C(=O)N(c3ccccc3)C2c2ccc(OCc3ccccc3)cc2)c(OC)c1. The third-order valence-electron chi connectivity index (χ3n) is 6.59. The van der Waals surface area contributed by atoms with Crippen LogP contribution in [-0.2, 0) is 16.2 Å². The summed E-state index contributed by atoms with van der Waals surface area (Å²) in [7, 11) is 2.98. The van der Waals surface area contributed by atoms with E-state index < -0.39 is 17.7 Å². The summed E-state index contributed by atoms with van der Waals surface area (Å²) >= 11 is 0. The molecule has 196 valence electrons. The highest BCUT2D eigenvalue weighted by Crippen LogP contribution is 2.43. The summed E-state index contributed by atoms with van der Waals surface area (Å²) in [6.45, 7) is 0.403. The van der Waals surface area contributed by atoms with Crippen molar-refractivity contribution < 1.29 is 28.9 Å². The molecule has 0 spiro atoms. The maximum absolute atomic E-state index is 13.4. The van der Waals surface area contributed by atoms with Crippen LogP contribution >= 0.6 is 0 Å². The zero-order valence-corrected chi connectivity index (χ0v) is 21.5. The standard InChI is InChI=1S/C32H27NO6/c1-37-25-17-18-26(27(19-25)38-2)30(34)28-29(33(32(36)31(28)35)23-11-7-4-8-12-23)22-13-15-24(16-14-22)39-20-21-9-5-3-6-10-21/h3-19,29,34H,20H2,1-2H3/b30-28-. The Morgan fingerprint density at radius 1 is 0.795 bits per heavy atom. The van der Waals surface area contributed by atoms with Gasteiger partial charge >= 0.3 is 0 Å². The molecule has 1 saturated heterocycles. The second-order valence-electron chi connectivity index (χ2n) is 8.91. The fourth-order valence-electron chi connectivity index (χ4n) is 4.63. The molecule has 7 heteroatoms. The lowest BCUT2D eigenvalue weighted by molar-refractivity contribution is -0.132. The molecule has 1 unspecified atom stereocenters. The summed E-state index contributed by atoms with van der Waals surface area (Å²) in [5.41, 5.74) is 2.45. The van der Waals surface area contributed by atoms with E-state index in [-0.39, 0.29) is 16.9 Å². The van der Waals surface area contributed by atoms with Crippen LogP contribution in [-0.4, -0.2) is 31.0 Å². The number of hydrogen-bond acceptors (Lipinski definition) is 6. The molecule has 1 fully saturated rings. The van der Waals surface area contributed by atoms with Crippen molar-refractivity contribution >= 4 is 23.1 Å². The van der Waals surface area contributed by atoms with Crippen LogP contribution in [0.15, 0.2) is 109 Å². The first-order chi connectivity index (χ1) is 19.0. The van der Waals surface area contributed by atoms with Crippen LogP contribution in [0.3, 0.4) is 0 Å². The Morgan fingerprint density at radius 2 is 1.44 bits per heavy atom. The van der Waals surface area contributed by atoms with Crippen LogP contribution in [0.4, 0.5) is 5.69 Å². The van der Waals surface area contributed by atoms with Gasteiger partial charge in [-0.1, -0.05) is 60.7 Å². The van der Waals surface area contributed by atoms with Crippen LogP contribution in [0.2, 0.25) is 0 Å². The number of anilines is 1. The lowest BCUT2D eigenvalue weighted by atomic mass is 9.94. The van der Waals surface area contributed by atoms with Crippen LogP contribution in [0.25, 0.3) is 5.76 Å². The number of carbonyl (C=O) groups is 2. The van der Waals surface area contributed by atoms with Crippen LogP contribution in [0.5, 0.6) is 17.2 Å². The van der Waals surface area contributed by atoms with Crippen molar-refractivity contribution in [1.82, 2.24) is 0 Å². The van der Waals surface area contributed by atoms with Crippen LogP contribution < -0.4 is 19.1 Å². The monoisotopic (exact) mass is 521 g/mol. The Bertz CT molecular complexity index is 1510. The van der Waals surface area contributed by atoms with E-state index in [1.165, 1.54) is 19.1 Å². The highest BCUT2D eigenvalue weighted by Gasteiger charge is 2.47. The van der Waals surface area contributed by atoms with Gasteiger partial charge in [0.2, 0.25) is 0 Å². The van der Waals surface area contributed by atoms with Crippen molar-refractivity contribution in [2.75, 3.05) is 19.1 Å². The van der Waals surface area contributed by atoms with Crippen molar-refractivity contribution in [3.63, 3.8) is 0 Å². The summed E-state index contributed by atoms with van der Waals surface area (Å²) in [5.74, 6) is -0.387. The minimum absolute atomic E-state index is 0.0368. The number of aliphatic hydroxyl groups excluding tert-OH is 1. The molecule has 0 bridgehead atoms. The average molecular weight is 522 g/mol. The molecule has 1 N–H and O–H groups in total. The number of amides is 1. The van der Waals surface area contributed by atoms with Crippen LogP contribution in [0, 0.1) is 0 Å². The van der Waals surface area contributed by atoms with Gasteiger partial charge < -0.3 is 19.3 Å². The second kappa shape index (κ2) is 11.1. The molecule has 0 radical (unpaired) electrons. The Hall–Kier alpha value is -5.04. The van der Waals surface area contributed by atoms with E-state index in [2.05, 4.69) is 0 Å². The molecule has 39 heavy (non-hydrogen) atoms. The molecule has 1 amide bonds. The Labute approximate surface area is 226 Å². The normalized spacial score (nSPS) is 16.3. The van der Waals surface area contributed by atoms with Gasteiger partial charge in [0.25, 0.3) is 11.7 Å². The van der Waals surface area contributed by atoms with E-state index in [4.69, 9.17) is 14.2 Å². The third-order valence-corrected chi connectivity index (χ3v) is 6.59. The molecule has 1 aliphatic rings. The van der Waals surface area contributed by atoms with Crippen molar-refractivity contribution in [2.24, 2.45) is 0 Å². The number of aliphatic hydroxyl groups is 1. The molecule has 7 nitrogen and oxygen atoms in total. The number of nitrogens with zero attached hydrogens (tertiary/aromatic N) is 1. The smallest absolute Gasteiger partial charge is 0.300 e. The zero-order chi connectivity index (χ0) is 27.4. The second-order valence-corrected chi connectivity index (χ2v) is 8.91. The number of Topliss-reactive ketones (excluding diaryl/α,β-unsaturated/α-hetero) is 1. The first-order valence-electron chi connectivity index (χ1n) is 12.4. The number of carbonyl (C=O) groups excluding carboxylic acids is 2. The number of methoxy groups -OCH3 is 2. The topological polar surface area (TPSA) is 85.3 Å². The predicted octanol–water partition coefficient (Wildman–Crippen LogP) is 5.91. The van der Waals surface area contributed by atoms with Crippen molar-refractivity contribution in [3.05, 3.63) is 125 Å². The van der Waals surface area contributed by atoms with Gasteiger partial charge in [-0.3, -0.25) is 14.5 Å². The van der Waals surface area contributed by atoms with Crippen molar-refractivity contribution in [3.8, 4) is 17.2 Å². The fraction of sp³-hybridized carbons (Fsp3) is 0.125. The molecular weight excluding hydrogens is 494 g/mol. The maximum Gasteiger partial charge on any atom is 0.300 e. The van der Waals surface area contributed by atoms with E-state index in [0.717, 1.165) is 5.56 Å². The molecule has 0 aliphatic carbocycles. The summed E-state index contributed by atoms with van der Waals surface area (Å²) in [5, 5.41) is 11.5. The summed E-state index contributed by atoms with van der Waals surface area (Å²) in [4.78, 5) is 28.2. The molecule has 0 aromatic heterocycles. The number of ether oxygens (including phenoxy) is 3. The van der Waals surface area contributed by atoms with E-state index >= 15 is 0 Å². The molecule has 4 aromatic rings. The number of rotatable bonds is 8. The van der Waals surface area contributed by atoms with E-state index in [1.54, 1.807) is 66.7 Å². The molecule has 1 atom stereocenters. The van der Waals surface area contributed by atoms with Crippen molar-refractivity contribution in [2.45, 2.75) is 12.6 Å². The van der Waals surface area contributed by atoms with Gasteiger partial charge in [0.1, 0.15) is 29.6 Å². The molecule has 5 rings (SSSR count). The zero-order valence-electron chi connectivity index (χ0n) is 21.5. The van der Waals surface area contributed by atoms with Gasteiger partial charge in [-0.25, -0.2) is 0 Å². The predicted molar refractivity (Wildman–Crippen MR) is 148 cm³/mol. The van der Waals surface area contributed by atoms with Crippen LogP contribution in [0.1, 0.15) is 22.7 Å². The van der Waals surface area contributed by atoms with Gasteiger partial charge in [0.05, 0.1) is 31.4 Å². The van der Waals surface area contributed by atoms with Crippen molar-refractivity contribution in [1.29, 1.82) is 0 Å². The summed E-state index contributed by atoms with van der Waals surface area (Å²) in [6, 6.07) is 29.9. The van der Waals surface area contributed by atoms with Gasteiger partial charge in [-0.2, -0.15) is 0 Å². The first-order valence-corrected chi connectivity index (χ1v) is 12.4. The number of ketones is 1. The molecular formula is C32H27NO6. The number of para-hydroxylation sites is 1. The highest BCUT2D eigenvalue weighted by molar-refractivity contribution is 6.51. The first kappa shape index (κ1) is 25.6. The summed E-state index contributed by atoms with van der Waals surface area (Å²) in [6.07, 6.45) is 0. The lowest BCUT2D eigenvalue weighted by Gasteiger charge is -2.25. The maximum atomic E-state index is 13.4. The van der Waals surface area contributed by atoms with E-state index in [9.17, 15) is 14.7 Å². The van der Waals surface area contributed by atoms with Gasteiger partial charge in [-0.15, -0.1) is 0 Å². The molecule has 0 saturated carbocycles.